The van der Waals surface area contributed by atoms with Crippen LogP contribution in [0.15, 0.2) is 11.6 Å². The Hall–Kier alpha value is -2.06. The fourth-order valence-corrected chi connectivity index (χ4v) is 1.99. The standard InChI is InChI=1S/C15H11F17O4/c1-5(33)3-36-4-6(7(34)35)2-8(16,17)9(18,19)10(20,21)11(22,23)12(24,25)13(26,27)14(28,29)15(30,31)32/h2,5,33H,3-4H2,1H3,(H,34,35). The highest BCUT2D eigenvalue weighted by Gasteiger charge is 2.95. The van der Waals surface area contributed by atoms with Crippen molar-refractivity contribution in [1.82, 2.24) is 0 Å². The molecule has 0 aromatic carbocycles. The summed E-state index contributed by atoms with van der Waals surface area (Å²) in [5.41, 5.74) is -2.18. The summed E-state index contributed by atoms with van der Waals surface area (Å²) < 4.78 is 228. The van der Waals surface area contributed by atoms with Crippen molar-refractivity contribution < 1.29 is 94.4 Å². The third-order valence-corrected chi connectivity index (χ3v) is 3.99. The van der Waals surface area contributed by atoms with Crippen LogP contribution in [0.2, 0.25) is 0 Å². The Labute approximate surface area is 187 Å². The van der Waals surface area contributed by atoms with E-state index in [-0.39, 0.29) is 0 Å². The van der Waals surface area contributed by atoms with Crippen molar-refractivity contribution in [3.8, 4) is 0 Å². The number of aliphatic hydroxyl groups excluding tert-OH is 1. The zero-order valence-corrected chi connectivity index (χ0v) is 16.7. The van der Waals surface area contributed by atoms with Crippen molar-refractivity contribution in [1.29, 1.82) is 0 Å². The van der Waals surface area contributed by atoms with Gasteiger partial charge in [0.25, 0.3) is 0 Å². The van der Waals surface area contributed by atoms with Crippen molar-refractivity contribution in [2.75, 3.05) is 13.2 Å². The molecule has 214 valence electrons. The van der Waals surface area contributed by atoms with Gasteiger partial charge in [-0.05, 0) is 6.92 Å². The molecule has 4 nitrogen and oxygen atoms in total. The summed E-state index contributed by atoms with van der Waals surface area (Å²) in [6.45, 7) is -1.77. The monoisotopic (exact) mass is 578 g/mol. The molecule has 2 N–H and O–H groups in total. The lowest BCUT2D eigenvalue weighted by Gasteiger charge is -2.42. The van der Waals surface area contributed by atoms with E-state index in [1.165, 1.54) is 0 Å². The van der Waals surface area contributed by atoms with Gasteiger partial charge in [0.1, 0.15) is 0 Å². The van der Waals surface area contributed by atoms with E-state index in [4.69, 9.17) is 10.2 Å². The summed E-state index contributed by atoms with van der Waals surface area (Å²) in [4.78, 5) is 10.8. The van der Waals surface area contributed by atoms with Crippen LogP contribution in [0.3, 0.4) is 0 Å². The summed E-state index contributed by atoms with van der Waals surface area (Å²) >= 11 is 0. The van der Waals surface area contributed by atoms with E-state index in [0.717, 1.165) is 6.92 Å². The number of carbonyl (C=O) groups is 1. The van der Waals surface area contributed by atoms with Gasteiger partial charge < -0.3 is 14.9 Å². The van der Waals surface area contributed by atoms with Crippen molar-refractivity contribution in [2.24, 2.45) is 0 Å². The molecular formula is C15H11F17O4. The maximum absolute atomic E-state index is 13.8. The number of alkyl halides is 17. The normalized spacial score (nSPS) is 16.8. The number of aliphatic hydroxyl groups is 1. The minimum atomic E-state index is -8.78. The molecule has 0 amide bonds. The second kappa shape index (κ2) is 9.67. The molecule has 0 spiro atoms. The molecule has 0 aliphatic heterocycles. The van der Waals surface area contributed by atoms with Gasteiger partial charge in [-0.1, -0.05) is 0 Å². The second-order valence-electron chi connectivity index (χ2n) is 6.91. The number of halogens is 17. The van der Waals surface area contributed by atoms with Crippen LogP contribution in [0, 0.1) is 0 Å². The molecule has 21 heteroatoms. The molecule has 0 aromatic rings. The first-order valence-corrected chi connectivity index (χ1v) is 8.39. The number of ether oxygens (including phenoxy) is 1. The quantitative estimate of drug-likeness (QED) is 0.241. The number of carboxylic acids is 1. The molecule has 0 radical (unpaired) electrons. The van der Waals surface area contributed by atoms with E-state index in [1.54, 1.807) is 0 Å². The molecule has 0 fully saturated rings. The van der Waals surface area contributed by atoms with Gasteiger partial charge in [-0.3, -0.25) is 0 Å². The van der Waals surface area contributed by atoms with E-state index in [1.807, 2.05) is 0 Å². The number of aliphatic carboxylic acids is 1. The van der Waals surface area contributed by atoms with Gasteiger partial charge >= 0.3 is 53.6 Å². The van der Waals surface area contributed by atoms with E-state index in [0.29, 0.717) is 0 Å². The largest absolute Gasteiger partial charge is 0.478 e. The third-order valence-electron chi connectivity index (χ3n) is 3.99. The van der Waals surface area contributed by atoms with Gasteiger partial charge in [0.05, 0.1) is 24.9 Å². The maximum atomic E-state index is 13.8. The van der Waals surface area contributed by atoms with Gasteiger partial charge in [-0.2, -0.15) is 74.6 Å². The Morgan fingerprint density at radius 1 is 0.694 bits per heavy atom. The van der Waals surface area contributed by atoms with E-state index in [2.05, 4.69) is 4.74 Å². The highest BCUT2D eigenvalue weighted by atomic mass is 19.4. The first-order valence-electron chi connectivity index (χ1n) is 8.39. The SMILES string of the molecule is CC(O)COCC(=CC(F)(F)C(F)(F)C(F)(F)C(F)(F)C(F)(F)C(F)(F)C(F)(F)C(F)(F)F)C(=O)O. The topological polar surface area (TPSA) is 66.8 Å². The molecule has 0 bridgehead atoms. The van der Waals surface area contributed by atoms with Crippen LogP contribution in [0.5, 0.6) is 0 Å². The molecular weight excluding hydrogens is 567 g/mol. The predicted octanol–water partition coefficient (Wildman–Crippen LogP) is 5.40. The van der Waals surface area contributed by atoms with Crippen molar-refractivity contribution >= 4 is 5.97 Å². The van der Waals surface area contributed by atoms with Crippen LogP contribution in [-0.4, -0.2) is 83.1 Å². The van der Waals surface area contributed by atoms with Gasteiger partial charge in [-0.15, -0.1) is 0 Å². The minimum Gasteiger partial charge on any atom is -0.478 e. The minimum absolute atomic E-state index is 0.924. The van der Waals surface area contributed by atoms with Gasteiger partial charge in [0.2, 0.25) is 0 Å². The summed E-state index contributed by atoms with van der Waals surface area (Å²) in [5, 5.41) is 17.4. The fraction of sp³-hybridized carbons (Fsp3) is 0.800. The molecule has 1 unspecified atom stereocenters. The summed E-state index contributed by atoms with van der Waals surface area (Å²) in [6.07, 6.45) is -11.1. The van der Waals surface area contributed by atoms with Crippen LogP contribution >= 0.6 is 0 Å². The molecule has 0 saturated carbocycles. The zero-order valence-electron chi connectivity index (χ0n) is 16.7. The van der Waals surface area contributed by atoms with Gasteiger partial charge in [0, 0.05) is 6.08 Å². The molecule has 0 aliphatic rings. The second-order valence-corrected chi connectivity index (χ2v) is 6.91. The number of hydrogen-bond acceptors (Lipinski definition) is 3. The molecule has 1 atom stereocenters. The van der Waals surface area contributed by atoms with E-state index < -0.39 is 84.6 Å². The highest BCUT2D eigenvalue weighted by Crippen LogP contribution is 2.64. The molecule has 0 rings (SSSR count). The molecule has 36 heavy (non-hydrogen) atoms. The zero-order chi connectivity index (χ0) is 29.6. The van der Waals surface area contributed by atoms with E-state index in [9.17, 15) is 79.4 Å². The van der Waals surface area contributed by atoms with Crippen LogP contribution in [0.4, 0.5) is 74.6 Å². The van der Waals surface area contributed by atoms with Crippen LogP contribution in [-0.2, 0) is 9.53 Å². The van der Waals surface area contributed by atoms with Gasteiger partial charge in [-0.25, -0.2) is 4.79 Å². The Kier molecular flexibility index (Phi) is 9.12. The Bertz CT molecular complexity index is 828. The van der Waals surface area contributed by atoms with Crippen molar-refractivity contribution in [3.05, 3.63) is 11.6 Å². The predicted molar refractivity (Wildman–Crippen MR) is 78.9 cm³/mol. The average molecular weight is 578 g/mol. The maximum Gasteiger partial charge on any atom is 0.460 e. The van der Waals surface area contributed by atoms with Crippen molar-refractivity contribution in [2.45, 2.75) is 60.7 Å². The lowest BCUT2D eigenvalue weighted by molar-refractivity contribution is -0.459. The van der Waals surface area contributed by atoms with Crippen LogP contribution < -0.4 is 0 Å². The summed E-state index contributed by atoms with van der Waals surface area (Å²) in [6, 6.07) is 0. The van der Waals surface area contributed by atoms with Gasteiger partial charge in [0.15, 0.2) is 0 Å². The first kappa shape index (κ1) is 33.9. The Morgan fingerprint density at radius 2 is 1.03 bits per heavy atom. The average Bonchev–Trinajstić information content (AvgIpc) is 2.64. The number of carboxylic acid groups (broad SMARTS) is 1. The number of rotatable bonds is 12. The van der Waals surface area contributed by atoms with E-state index >= 15 is 0 Å². The lowest BCUT2D eigenvalue weighted by atomic mass is 9.88. The lowest BCUT2D eigenvalue weighted by Crippen LogP contribution is -2.74. The summed E-state index contributed by atoms with van der Waals surface area (Å²) in [7, 11) is 0. The molecule has 0 aliphatic carbocycles. The van der Waals surface area contributed by atoms with Crippen molar-refractivity contribution in [3.63, 3.8) is 0 Å². The van der Waals surface area contributed by atoms with Crippen LogP contribution in [0.1, 0.15) is 6.92 Å². The molecule has 0 heterocycles. The smallest absolute Gasteiger partial charge is 0.460 e. The Morgan fingerprint density at radius 3 is 1.33 bits per heavy atom. The highest BCUT2D eigenvalue weighted by molar-refractivity contribution is 5.87. The number of allylic oxidation sites excluding steroid dienone is 1. The Balaban J connectivity index is 6.75. The molecule has 0 saturated heterocycles. The fourth-order valence-electron chi connectivity index (χ4n) is 1.99. The number of hydrogen-bond donors (Lipinski definition) is 2. The first-order chi connectivity index (χ1) is 15.5. The molecule has 0 aromatic heterocycles. The van der Waals surface area contributed by atoms with Crippen LogP contribution in [0.25, 0.3) is 0 Å². The third kappa shape index (κ3) is 5.30. The summed E-state index contributed by atoms with van der Waals surface area (Å²) in [5.74, 6) is -60.7.